The second kappa shape index (κ2) is 6.63. The van der Waals surface area contributed by atoms with Gasteiger partial charge in [0, 0.05) is 21.6 Å². The Labute approximate surface area is 128 Å². The number of rotatable bonds is 5. The third-order valence-corrected chi connectivity index (χ3v) is 5.76. The van der Waals surface area contributed by atoms with Crippen molar-refractivity contribution in [2.24, 2.45) is 11.3 Å². The second-order valence-electron chi connectivity index (χ2n) is 5.42. The summed E-state index contributed by atoms with van der Waals surface area (Å²) in [5, 5.41) is 0. The topological polar surface area (TPSA) is 0 Å². The number of benzene rings is 1. The molecule has 0 amide bonds. The first kappa shape index (κ1) is 14.7. The molecule has 3 heteroatoms. The summed E-state index contributed by atoms with van der Waals surface area (Å²) in [5.41, 5.74) is 1.40. The van der Waals surface area contributed by atoms with E-state index in [4.69, 9.17) is 23.2 Å². The maximum atomic E-state index is 6.30. The minimum absolute atomic E-state index is 0.0698. The van der Waals surface area contributed by atoms with Crippen LogP contribution in [-0.4, -0.2) is 11.8 Å². The SMILES string of the molecule is ClCC(CCl)(Cc1cccc(Br)c1)C1CCCC1. The van der Waals surface area contributed by atoms with Gasteiger partial charge in [0.05, 0.1) is 0 Å². The standard InChI is InChI=1S/C15H19BrCl2/c16-14-7-3-4-12(8-14)9-15(10-17,11-18)13-5-1-2-6-13/h3-4,7-8,13H,1-2,5-6,9-11H2. The minimum atomic E-state index is 0.0698. The smallest absolute Gasteiger partial charge is 0.0297 e. The van der Waals surface area contributed by atoms with Gasteiger partial charge in [0.25, 0.3) is 0 Å². The van der Waals surface area contributed by atoms with Crippen LogP contribution in [0.15, 0.2) is 28.7 Å². The molecule has 1 fully saturated rings. The molecular weight excluding hydrogens is 331 g/mol. The Hall–Kier alpha value is 0.280. The molecule has 0 saturated heterocycles. The van der Waals surface area contributed by atoms with E-state index in [1.807, 2.05) is 0 Å². The molecule has 1 aromatic carbocycles. The van der Waals surface area contributed by atoms with E-state index in [1.165, 1.54) is 31.2 Å². The largest absolute Gasteiger partial charge is 0.126 e. The van der Waals surface area contributed by atoms with Gasteiger partial charge in [-0.25, -0.2) is 0 Å². The van der Waals surface area contributed by atoms with E-state index < -0.39 is 0 Å². The van der Waals surface area contributed by atoms with Gasteiger partial charge in [0.2, 0.25) is 0 Å². The van der Waals surface area contributed by atoms with Gasteiger partial charge < -0.3 is 0 Å². The predicted octanol–water partition coefficient (Wildman–Crippen LogP) is 5.65. The molecule has 0 radical (unpaired) electrons. The lowest BCUT2D eigenvalue weighted by Crippen LogP contribution is -2.35. The maximum absolute atomic E-state index is 6.30. The van der Waals surface area contributed by atoms with Crippen LogP contribution in [0.25, 0.3) is 0 Å². The van der Waals surface area contributed by atoms with Crippen LogP contribution in [0, 0.1) is 11.3 Å². The lowest BCUT2D eigenvalue weighted by atomic mass is 9.73. The summed E-state index contributed by atoms with van der Waals surface area (Å²) in [5.74, 6) is 2.01. The van der Waals surface area contributed by atoms with E-state index in [0.717, 1.165) is 10.9 Å². The summed E-state index contributed by atoms with van der Waals surface area (Å²) in [6.45, 7) is 0. The predicted molar refractivity (Wildman–Crippen MR) is 83.7 cm³/mol. The van der Waals surface area contributed by atoms with E-state index in [0.29, 0.717) is 17.7 Å². The molecule has 2 rings (SSSR count). The van der Waals surface area contributed by atoms with Crippen LogP contribution in [-0.2, 0) is 6.42 Å². The van der Waals surface area contributed by atoms with Crippen LogP contribution in [0.3, 0.4) is 0 Å². The van der Waals surface area contributed by atoms with Crippen LogP contribution in [0.4, 0.5) is 0 Å². The molecule has 1 aromatic rings. The van der Waals surface area contributed by atoms with Crippen molar-refractivity contribution in [2.45, 2.75) is 32.1 Å². The molecule has 100 valence electrons. The lowest BCUT2D eigenvalue weighted by molar-refractivity contribution is 0.225. The highest BCUT2D eigenvalue weighted by atomic mass is 79.9. The Morgan fingerprint density at radius 3 is 2.39 bits per heavy atom. The molecule has 0 aromatic heterocycles. The third kappa shape index (κ3) is 3.23. The van der Waals surface area contributed by atoms with Crippen molar-refractivity contribution in [1.29, 1.82) is 0 Å². The fourth-order valence-electron chi connectivity index (χ4n) is 3.08. The summed E-state index contributed by atoms with van der Waals surface area (Å²) < 4.78 is 1.13. The van der Waals surface area contributed by atoms with Gasteiger partial charge in [0.1, 0.15) is 0 Å². The first-order valence-electron chi connectivity index (χ1n) is 6.56. The molecule has 1 saturated carbocycles. The van der Waals surface area contributed by atoms with Crippen LogP contribution in [0.5, 0.6) is 0 Å². The van der Waals surface area contributed by atoms with Crippen molar-refractivity contribution in [2.75, 3.05) is 11.8 Å². The van der Waals surface area contributed by atoms with Crippen molar-refractivity contribution in [3.05, 3.63) is 34.3 Å². The molecule has 1 aliphatic rings. The van der Waals surface area contributed by atoms with Gasteiger partial charge in [-0.1, -0.05) is 40.9 Å². The van der Waals surface area contributed by atoms with Gasteiger partial charge in [-0.05, 0) is 42.9 Å². The lowest BCUT2D eigenvalue weighted by Gasteiger charge is -2.36. The molecule has 18 heavy (non-hydrogen) atoms. The van der Waals surface area contributed by atoms with Crippen LogP contribution in [0.2, 0.25) is 0 Å². The van der Waals surface area contributed by atoms with Crippen molar-refractivity contribution in [3.8, 4) is 0 Å². The zero-order chi connectivity index (χ0) is 13.0. The summed E-state index contributed by atoms with van der Waals surface area (Å²) in [6.07, 6.45) is 6.22. The Morgan fingerprint density at radius 1 is 1.17 bits per heavy atom. The fraction of sp³-hybridized carbons (Fsp3) is 0.600. The highest BCUT2D eigenvalue weighted by molar-refractivity contribution is 9.10. The average molecular weight is 350 g/mol. The number of halogens is 3. The van der Waals surface area contributed by atoms with Gasteiger partial charge in [0.15, 0.2) is 0 Å². The maximum Gasteiger partial charge on any atom is 0.0297 e. The molecule has 0 N–H and O–H groups in total. The summed E-state index contributed by atoms with van der Waals surface area (Å²) in [4.78, 5) is 0. The van der Waals surface area contributed by atoms with E-state index in [1.54, 1.807) is 0 Å². The van der Waals surface area contributed by atoms with E-state index >= 15 is 0 Å². The highest BCUT2D eigenvalue weighted by Crippen LogP contribution is 2.44. The Balaban J connectivity index is 2.19. The molecular formula is C15H19BrCl2. The van der Waals surface area contributed by atoms with Crippen LogP contribution < -0.4 is 0 Å². The fourth-order valence-corrected chi connectivity index (χ4v) is 4.44. The molecule has 0 atom stereocenters. The Bertz CT molecular complexity index is 382. The minimum Gasteiger partial charge on any atom is -0.126 e. The third-order valence-electron chi connectivity index (χ3n) is 4.20. The second-order valence-corrected chi connectivity index (χ2v) is 6.87. The highest BCUT2D eigenvalue weighted by Gasteiger charge is 2.38. The van der Waals surface area contributed by atoms with Gasteiger partial charge in [-0.3, -0.25) is 0 Å². The van der Waals surface area contributed by atoms with Crippen LogP contribution >= 0.6 is 39.1 Å². The molecule has 0 unspecified atom stereocenters. The van der Waals surface area contributed by atoms with E-state index in [2.05, 4.69) is 40.2 Å². The zero-order valence-corrected chi connectivity index (χ0v) is 13.6. The number of alkyl halides is 2. The van der Waals surface area contributed by atoms with Gasteiger partial charge in [-0.15, -0.1) is 23.2 Å². The number of hydrogen-bond donors (Lipinski definition) is 0. The molecule has 0 heterocycles. The molecule has 0 nitrogen and oxygen atoms in total. The quantitative estimate of drug-likeness (QED) is 0.603. The van der Waals surface area contributed by atoms with Gasteiger partial charge >= 0.3 is 0 Å². The van der Waals surface area contributed by atoms with Crippen molar-refractivity contribution >= 4 is 39.1 Å². The molecule has 0 aliphatic heterocycles. The van der Waals surface area contributed by atoms with Crippen molar-refractivity contribution < 1.29 is 0 Å². The van der Waals surface area contributed by atoms with Gasteiger partial charge in [-0.2, -0.15) is 0 Å². The van der Waals surface area contributed by atoms with Crippen molar-refractivity contribution in [1.82, 2.24) is 0 Å². The summed E-state index contributed by atoms with van der Waals surface area (Å²) >= 11 is 16.1. The van der Waals surface area contributed by atoms with Crippen molar-refractivity contribution in [3.63, 3.8) is 0 Å². The normalized spacial score (nSPS) is 17.3. The Kier molecular flexibility index (Phi) is 5.41. The van der Waals surface area contributed by atoms with E-state index in [9.17, 15) is 0 Å². The monoisotopic (exact) mass is 348 g/mol. The van der Waals surface area contributed by atoms with E-state index in [-0.39, 0.29) is 5.41 Å². The first-order valence-corrected chi connectivity index (χ1v) is 8.43. The first-order chi connectivity index (χ1) is 8.70. The Morgan fingerprint density at radius 2 is 1.83 bits per heavy atom. The summed E-state index contributed by atoms with van der Waals surface area (Å²) in [7, 11) is 0. The average Bonchev–Trinajstić information content (AvgIpc) is 2.90. The molecule has 1 aliphatic carbocycles. The summed E-state index contributed by atoms with van der Waals surface area (Å²) in [6, 6.07) is 8.50. The molecule has 0 spiro atoms. The zero-order valence-electron chi connectivity index (χ0n) is 10.5. The van der Waals surface area contributed by atoms with Crippen LogP contribution in [0.1, 0.15) is 31.2 Å². The molecule has 0 bridgehead atoms. The number of hydrogen-bond acceptors (Lipinski definition) is 0.